The molecule has 0 unspecified atom stereocenters. The number of phenolic OH excluding ortho intramolecular Hbond substituents is 2. The van der Waals surface area contributed by atoms with Crippen molar-refractivity contribution in [1.29, 1.82) is 0 Å². The van der Waals surface area contributed by atoms with E-state index in [1.54, 1.807) is 36.4 Å². The maximum atomic E-state index is 12.4. The van der Waals surface area contributed by atoms with Gasteiger partial charge >= 0.3 is 0 Å². The summed E-state index contributed by atoms with van der Waals surface area (Å²) in [4.78, 5) is 12.4. The number of rotatable bonds is 6. The number of nitrogens with one attached hydrogen (secondary N) is 1. The van der Waals surface area contributed by atoms with Crippen LogP contribution in [-0.2, 0) is 6.61 Å². The zero-order valence-corrected chi connectivity index (χ0v) is 15.4. The SMILES string of the molecule is O=C(N/N=C\c1ccc(O)c(O)c1)c1ccccc1OCc1ccccc1Cl. The maximum Gasteiger partial charge on any atom is 0.275 e. The van der Waals surface area contributed by atoms with Crippen molar-refractivity contribution in [2.75, 3.05) is 0 Å². The molecule has 0 aromatic heterocycles. The van der Waals surface area contributed by atoms with Gasteiger partial charge in [0.15, 0.2) is 11.5 Å². The molecule has 0 radical (unpaired) electrons. The molecule has 0 fully saturated rings. The topological polar surface area (TPSA) is 91.2 Å². The van der Waals surface area contributed by atoms with Crippen LogP contribution >= 0.6 is 11.6 Å². The molecule has 7 heteroatoms. The third-order valence-corrected chi connectivity index (χ3v) is 4.22. The van der Waals surface area contributed by atoms with Gasteiger partial charge in [-0.1, -0.05) is 41.9 Å². The number of phenols is 2. The molecule has 0 atom stereocenters. The second kappa shape index (κ2) is 8.92. The van der Waals surface area contributed by atoms with Crippen LogP contribution in [0.4, 0.5) is 0 Å². The first-order valence-electron chi connectivity index (χ1n) is 8.35. The predicted molar refractivity (Wildman–Crippen MR) is 107 cm³/mol. The van der Waals surface area contributed by atoms with Gasteiger partial charge in [-0.05, 0) is 42.0 Å². The molecule has 0 aliphatic carbocycles. The number of carbonyl (C=O) groups is 1. The maximum absolute atomic E-state index is 12.4. The van der Waals surface area contributed by atoms with Crippen LogP contribution in [0, 0.1) is 0 Å². The number of nitrogens with zero attached hydrogens (tertiary/aromatic N) is 1. The summed E-state index contributed by atoms with van der Waals surface area (Å²) in [7, 11) is 0. The molecule has 28 heavy (non-hydrogen) atoms. The number of benzene rings is 3. The second-order valence-electron chi connectivity index (χ2n) is 5.82. The Morgan fingerprint density at radius 2 is 1.79 bits per heavy atom. The van der Waals surface area contributed by atoms with Gasteiger partial charge in [-0.2, -0.15) is 5.10 Å². The molecule has 3 aromatic rings. The molecular formula is C21H17ClN2O4. The van der Waals surface area contributed by atoms with Crippen LogP contribution in [-0.4, -0.2) is 22.3 Å². The van der Waals surface area contributed by atoms with Crippen LogP contribution < -0.4 is 10.2 Å². The van der Waals surface area contributed by atoms with Crippen molar-refractivity contribution in [3.63, 3.8) is 0 Å². The van der Waals surface area contributed by atoms with E-state index >= 15 is 0 Å². The minimum Gasteiger partial charge on any atom is -0.504 e. The lowest BCUT2D eigenvalue weighted by atomic mass is 10.2. The summed E-state index contributed by atoms with van der Waals surface area (Å²) in [6, 6.07) is 18.3. The van der Waals surface area contributed by atoms with Crippen molar-refractivity contribution in [3.8, 4) is 17.2 Å². The second-order valence-corrected chi connectivity index (χ2v) is 6.23. The molecule has 1 amide bonds. The molecule has 3 aromatic carbocycles. The lowest BCUT2D eigenvalue weighted by Crippen LogP contribution is -2.18. The van der Waals surface area contributed by atoms with Crippen LogP contribution in [0.1, 0.15) is 21.5 Å². The minimum atomic E-state index is -0.450. The van der Waals surface area contributed by atoms with Crippen LogP contribution in [0.25, 0.3) is 0 Å². The van der Waals surface area contributed by atoms with E-state index in [2.05, 4.69) is 10.5 Å². The van der Waals surface area contributed by atoms with Crippen LogP contribution in [0.2, 0.25) is 5.02 Å². The zero-order chi connectivity index (χ0) is 19.9. The summed E-state index contributed by atoms with van der Waals surface area (Å²) in [5.41, 5.74) is 4.05. The minimum absolute atomic E-state index is 0.222. The predicted octanol–water partition coefficient (Wildman–Crippen LogP) is 4.09. The average molecular weight is 397 g/mol. The highest BCUT2D eigenvalue weighted by Gasteiger charge is 2.12. The Balaban J connectivity index is 1.67. The van der Waals surface area contributed by atoms with Gasteiger partial charge < -0.3 is 14.9 Å². The Morgan fingerprint density at radius 3 is 2.57 bits per heavy atom. The number of hydrazone groups is 1. The number of para-hydroxylation sites is 1. The summed E-state index contributed by atoms with van der Waals surface area (Å²) in [5, 5.41) is 23.2. The molecule has 3 N–H and O–H groups in total. The molecule has 0 saturated carbocycles. The van der Waals surface area contributed by atoms with Gasteiger partial charge in [-0.15, -0.1) is 0 Å². The van der Waals surface area contributed by atoms with E-state index < -0.39 is 5.91 Å². The van der Waals surface area contributed by atoms with Gasteiger partial charge in [0.1, 0.15) is 12.4 Å². The lowest BCUT2D eigenvalue weighted by Gasteiger charge is -2.11. The Labute approximate surface area is 166 Å². The molecule has 0 saturated heterocycles. The third kappa shape index (κ3) is 4.81. The highest BCUT2D eigenvalue weighted by molar-refractivity contribution is 6.31. The fraction of sp³-hybridized carbons (Fsp3) is 0.0476. The van der Waals surface area contributed by atoms with E-state index in [0.29, 0.717) is 21.9 Å². The Hall–Kier alpha value is -3.51. The summed E-state index contributed by atoms with van der Waals surface area (Å²) in [6.07, 6.45) is 1.35. The summed E-state index contributed by atoms with van der Waals surface area (Å²) >= 11 is 6.13. The van der Waals surface area contributed by atoms with Crippen molar-refractivity contribution in [3.05, 3.63) is 88.4 Å². The molecule has 0 bridgehead atoms. The quantitative estimate of drug-likeness (QED) is 0.332. The standard InChI is InChI=1S/C21H17ClN2O4/c22-17-7-3-1-5-15(17)13-28-20-8-4-2-6-16(20)21(27)24-23-12-14-9-10-18(25)19(26)11-14/h1-12,25-26H,13H2,(H,24,27)/b23-12-. The van der Waals surface area contributed by atoms with Gasteiger partial charge in [0.25, 0.3) is 5.91 Å². The number of ether oxygens (including phenoxy) is 1. The lowest BCUT2D eigenvalue weighted by molar-refractivity contribution is 0.0950. The number of halogens is 1. The van der Waals surface area contributed by atoms with Crippen LogP contribution in [0.15, 0.2) is 71.8 Å². The first-order chi connectivity index (χ1) is 13.5. The van der Waals surface area contributed by atoms with E-state index in [9.17, 15) is 15.0 Å². The van der Waals surface area contributed by atoms with Crippen LogP contribution in [0.5, 0.6) is 17.2 Å². The molecular weight excluding hydrogens is 380 g/mol. The van der Waals surface area contributed by atoms with Gasteiger partial charge in [0, 0.05) is 10.6 Å². The first-order valence-corrected chi connectivity index (χ1v) is 8.73. The molecule has 0 aliphatic rings. The van der Waals surface area contributed by atoms with Crippen molar-refractivity contribution in [1.82, 2.24) is 5.43 Å². The number of hydrogen-bond donors (Lipinski definition) is 3. The number of aromatic hydroxyl groups is 2. The van der Waals surface area contributed by atoms with Gasteiger partial charge in [0.2, 0.25) is 0 Å². The number of carbonyl (C=O) groups excluding carboxylic acids is 1. The van der Waals surface area contributed by atoms with E-state index in [1.807, 2.05) is 18.2 Å². The van der Waals surface area contributed by atoms with Gasteiger partial charge in [-0.25, -0.2) is 5.43 Å². The molecule has 0 spiro atoms. The van der Waals surface area contributed by atoms with E-state index in [1.165, 1.54) is 18.3 Å². The molecule has 0 heterocycles. The zero-order valence-electron chi connectivity index (χ0n) is 14.7. The third-order valence-electron chi connectivity index (χ3n) is 3.85. The molecule has 6 nitrogen and oxygen atoms in total. The van der Waals surface area contributed by atoms with E-state index in [4.69, 9.17) is 16.3 Å². The fourth-order valence-electron chi connectivity index (χ4n) is 2.40. The first kappa shape index (κ1) is 19.3. The van der Waals surface area contributed by atoms with Crippen molar-refractivity contribution < 1.29 is 19.7 Å². The highest BCUT2D eigenvalue weighted by atomic mass is 35.5. The van der Waals surface area contributed by atoms with E-state index in [0.717, 1.165) is 5.56 Å². The molecule has 0 aliphatic heterocycles. The van der Waals surface area contributed by atoms with Gasteiger partial charge in [0.05, 0.1) is 11.8 Å². The molecule has 3 rings (SSSR count). The van der Waals surface area contributed by atoms with Crippen LogP contribution in [0.3, 0.4) is 0 Å². The summed E-state index contributed by atoms with van der Waals surface area (Å²) < 4.78 is 5.76. The average Bonchev–Trinajstić information content (AvgIpc) is 2.70. The summed E-state index contributed by atoms with van der Waals surface area (Å²) in [5.74, 6) is -0.550. The van der Waals surface area contributed by atoms with Gasteiger partial charge in [-0.3, -0.25) is 4.79 Å². The summed E-state index contributed by atoms with van der Waals surface area (Å²) in [6.45, 7) is 0.222. The Bertz CT molecular complexity index is 1020. The Morgan fingerprint density at radius 1 is 1.04 bits per heavy atom. The monoisotopic (exact) mass is 396 g/mol. The van der Waals surface area contributed by atoms with Crippen molar-refractivity contribution >= 4 is 23.7 Å². The van der Waals surface area contributed by atoms with Crippen molar-refractivity contribution in [2.45, 2.75) is 6.61 Å². The number of amides is 1. The fourth-order valence-corrected chi connectivity index (χ4v) is 2.59. The Kier molecular flexibility index (Phi) is 6.14. The normalized spacial score (nSPS) is 10.8. The van der Waals surface area contributed by atoms with Crippen molar-refractivity contribution in [2.24, 2.45) is 5.10 Å². The smallest absolute Gasteiger partial charge is 0.275 e. The van der Waals surface area contributed by atoms with E-state index in [-0.39, 0.29) is 18.1 Å². The molecule has 142 valence electrons. The largest absolute Gasteiger partial charge is 0.504 e. The number of hydrogen-bond acceptors (Lipinski definition) is 5. The highest BCUT2D eigenvalue weighted by Crippen LogP contribution is 2.24.